The normalized spacial score (nSPS) is 23.6. The molecule has 3 aromatic rings. The minimum atomic E-state index is -0.0588. The Morgan fingerprint density at radius 1 is 0.829 bits per heavy atom. The van der Waals surface area contributed by atoms with Crippen LogP contribution in [0.15, 0.2) is 72.8 Å². The molecule has 3 aromatic carbocycles. The number of aryl methyl sites for hydroxylation is 1. The summed E-state index contributed by atoms with van der Waals surface area (Å²) in [5.41, 5.74) is 6.98. The minimum absolute atomic E-state index is 0.0509. The van der Waals surface area contributed by atoms with Crippen molar-refractivity contribution in [2.24, 2.45) is 5.92 Å². The number of anilines is 1. The molecule has 5 nitrogen and oxygen atoms in total. The Morgan fingerprint density at radius 3 is 2.34 bits per heavy atom. The summed E-state index contributed by atoms with van der Waals surface area (Å²) < 4.78 is 10.7. The second-order valence-electron chi connectivity index (χ2n) is 12.1. The van der Waals surface area contributed by atoms with Gasteiger partial charge in [0.1, 0.15) is 11.8 Å². The summed E-state index contributed by atoms with van der Waals surface area (Å²) in [5.74, 6) is 2.32. The number of nitrogens with zero attached hydrogens (tertiary/aromatic N) is 2. The lowest BCUT2D eigenvalue weighted by molar-refractivity contribution is -0.148. The fourth-order valence-electron chi connectivity index (χ4n) is 7.60. The van der Waals surface area contributed by atoms with Crippen molar-refractivity contribution in [1.29, 1.82) is 0 Å². The Hall–Kier alpha value is -3.31. The van der Waals surface area contributed by atoms with Crippen LogP contribution in [-0.4, -0.2) is 57.3 Å². The summed E-state index contributed by atoms with van der Waals surface area (Å²) in [5, 5.41) is 0. The number of benzene rings is 3. The van der Waals surface area contributed by atoms with Gasteiger partial charge in [-0.25, -0.2) is 0 Å². The monoisotopic (exact) mass is 552 g/mol. The zero-order chi connectivity index (χ0) is 28.2. The van der Waals surface area contributed by atoms with Crippen molar-refractivity contribution in [2.45, 2.75) is 62.8 Å². The molecule has 0 bridgehead atoms. The number of fused-ring (bicyclic) bond motifs is 1. The molecule has 0 radical (unpaired) electrons. The molecule has 0 saturated carbocycles. The highest BCUT2D eigenvalue weighted by molar-refractivity contribution is 5.75. The van der Waals surface area contributed by atoms with Crippen molar-refractivity contribution in [2.75, 3.05) is 45.3 Å². The first-order valence-electron chi connectivity index (χ1n) is 15.5. The second kappa shape index (κ2) is 12.7. The van der Waals surface area contributed by atoms with E-state index in [4.69, 9.17) is 9.47 Å². The fourth-order valence-corrected chi connectivity index (χ4v) is 7.60. The van der Waals surface area contributed by atoms with Crippen LogP contribution in [0.1, 0.15) is 72.6 Å². The van der Waals surface area contributed by atoms with Gasteiger partial charge in [-0.1, -0.05) is 55.0 Å². The highest BCUT2D eigenvalue weighted by atomic mass is 16.5. The van der Waals surface area contributed by atoms with E-state index in [0.29, 0.717) is 17.8 Å². The van der Waals surface area contributed by atoms with Crippen LogP contribution in [0.5, 0.6) is 5.75 Å². The van der Waals surface area contributed by atoms with Crippen molar-refractivity contribution in [3.8, 4) is 5.75 Å². The van der Waals surface area contributed by atoms with E-state index in [9.17, 15) is 4.79 Å². The Bertz CT molecular complexity index is 1300. The zero-order valence-corrected chi connectivity index (χ0v) is 24.6. The molecular formula is C36H44N2O3. The van der Waals surface area contributed by atoms with E-state index < -0.39 is 0 Å². The summed E-state index contributed by atoms with van der Waals surface area (Å²) in [4.78, 5) is 17.3. The maximum Gasteiger partial charge on any atom is 0.323 e. The highest BCUT2D eigenvalue weighted by Crippen LogP contribution is 2.47. The maximum atomic E-state index is 12.3. The van der Waals surface area contributed by atoms with Gasteiger partial charge in [0.05, 0.1) is 14.2 Å². The van der Waals surface area contributed by atoms with Crippen molar-refractivity contribution in [3.05, 3.63) is 95.1 Å². The number of esters is 1. The molecule has 216 valence electrons. The predicted molar refractivity (Wildman–Crippen MR) is 165 cm³/mol. The third-order valence-corrected chi connectivity index (χ3v) is 9.85. The number of hydrogen-bond acceptors (Lipinski definition) is 5. The van der Waals surface area contributed by atoms with Gasteiger partial charge in [-0.3, -0.25) is 9.69 Å². The second-order valence-corrected chi connectivity index (χ2v) is 12.1. The third kappa shape index (κ3) is 6.01. The largest absolute Gasteiger partial charge is 0.497 e. The summed E-state index contributed by atoms with van der Waals surface area (Å²) in [6.07, 6.45) is 7.79. The molecule has 2 heterocycles. The van der Waals surface area contributed by atoms with Crippen LogP contribution >= 0.6 is 0 Å². The number of carbonyl (C=O) groups is 1. The first kappa shape index (κ1) is 27.8. The maximum absolute atomic E-state index is 12.3. The van der Waals surface area contributed by atoms with E-state index in [1.807, 2.05) is 0 Å². The lowest BCUT2D eigenvalue weighted by atomic mass is 9.69. The van der Waals surface area contributed by atoms with E-state index in [2.05, 4.69) is 82.6 Å². The molecule has 2 fully saturated rings. The van der Waals surface area contributed by atoms with Gasteiger partial charge < -0.3 is 14.4 Å². The molecule has 2 saturated heterocycles. The van der Waals surface area contributed by atoms with Crippen molar-refractivity contribution < 1.29 is 14.3 Å². The Balaban J connectivity index is 1.15. The first-order chi connectivity index (χ1) is 20.1. The Morgan fingerprint density at radius 2 is 1.61 bits per heavy atom. The molecule has 0 spiro atoms. The van der Waals surface area contributed by atoms with Gasteiger partial charge >= 0.3 is 5.97 Å². The summed E-state index contributed by atoms with van der Waals surface area (Å²) >= 11 is 0. The molecule has 2 aliphatic heterocycles. The van der Waals surface area contributed by atoms with E-state index in [-0.39, 0.29) is 12.0 Å². The van der Waals surface area contributed by atoms with Gasteiger partial charge in [-0.05, 0) is 103 Å². The summed E-state index contributed by atoms with van der Waals surface area (Å²) in [6.45, 7) is 4.17. The third-order valence-electron chi connectivity index (χ3n) is 9.85. The molecule has 0 aromatic heterocycles. The molecule has 0 unspecified atom stereocenters. The average molecular weight is 553 g/mol. The first-order valence-corrected chi connectivity index (χ1v) is 15.5. The van der Waals surface area contributed by atoms with Gasteiger partial charge in [-0.2, -0.15) is 0 Å². The smallest absolute Gasteiger partial charge is 0.323 e. The average Bonchev–Trinajstić information content (AvgIpc) is 3.04. The Kier molecular flexibility index (Phi) is 8.62. The molecule has 41 heavy (non-hydrogen) atoms. The lowest BCUT2D eigenvalue weighted by Crippen LogP contribution is -2.48. The topological polar surface area (TPSA) is 42.0 Å². The number of hydrogen-bond donors (Lipinski definition) is 0. The molecule has 5 heteroatoms. The number of piperidine rings is 2. The number of ether oxygens (including phenoxy) is 2. The van der Waals surface area contributed by atoms with E-state index in [0.717, 1.165) is 57.6 Å². The van der Waals surface area contributed by atoms with Crippen LogP contribution in [0.25, 0.3) is 0 Å². The number of carbonyl (C=O) groups excluding carboxylic acids is 1. The molecular weight excluding hydrogens is 508 g/mol. The summed E-state index contributed by atoms with van der Waals surface area (Å²) in [7, 11) is 3.27. The van der Waals surface area contributed by atoms with Crippen LogP contribution in [-0.2, 0) is 16.0 Å². The number of rotatable bonds is 7. The molecule has 3 aliphatic rings. The summed E-state index contributed by atoms with van der Waals surface area (Å²) in [6, 6.07) is 27.1. The number of methoxy groups -OCH3 is 2. The van der Waals surface area contributed by atoms with Crippen molar-refractivity contribution in [1.82, 2.24) is 4.90 Å². The van der Waals surface area contributed by atoms with Crippen LogP contribution in [0.3, 0.4) is 0 Å². The minimum Gasteiger partial charge on any atom is -0.497 e. The van der Waals surface area contributed by atoms with Gasteiger partial charge in [0.15, 0.2) is 0 Å². The van der Waals surface area contributed by atoms with E-state index in [1.165, 1.54) is 54.3 Å². The van der Waals surface area contributed by atoms with Crippen LogP contribution in [0.4, 0.5) is 5.69 Å². The quantitative estimate of drug-likeness (QED) is 0.302. The standard InChI is InChI=1S/C36H44N2O3/c1-40-31-16-18-33-29(24-31)13-17-32(27-8-4-3-5-9-27)35(33)28-11-14-30(15-12-28)37-22-19-26(20-23-37)25-38-21-7-6-10-34(38)36(39)41-2/h3-5,8-9,11-12,14-16,18,24,26,32,34-35H,6-7,10,13,17,19-23,25H2,1-2H3/t32-,34-,35+/m1/s1. The van der Waals surface area contributed by atoms with Crippen molar-refractivity contribution >= 4 is 11.7 Å². The van der Waals surface area contributed by atoms with Crippen LogP contribution < -0.4 is 9.64 Å². The van der Waals surface area contributed by atoms with Gasteiger partial charge in [0.25, 0.3) is 0 Å². The van der Waals surface area contributed by atoms with Crippen LogP contribution in [0, 0.1) is 5.92 Å². The highest BCUT2D eigenvalue weighted by Gasteiger charge is 2.34. The zero-order valence-electron chi connectivity index (χ0n) is 24.6. The molecule has 6 rings (SSSR count). The van der Waals surface area contributed by atoms with Gasteiger partial charge in [0.2, 0.25) is 0 Å². The molecule has 0 N–H and O–H groups in total. The van der Waals surface area contributed by atoms with Gasteiger partial charge in [-0.15, -0.1) is 0 Å². The Labute approximate surface area is 245 Å². The molecule has 0 amide bonds. The SMILES string of the molecule is COC(=O)[C@H]1CCCCN1CC1CCN(c2ccc([C@@H]3c4ccc(OC)cc4CC[C@@H]3c3ccccc3)cc2)CC1. The fraction of sp³-hybridized carbons (Fsp3) is 0.472. The molecule has 1 aliphatic carbocycles. The number of likely N-dealkylation sites (tertiary alicyclic amines) is 1. The molecule has 3 atom stereocenters. The van der Waals surface area contributed by atoms with E-state index >= 15 is 0 Å². The van der Waals surface area contributed by atoms with Gasteiger partial charge in [0, 0.05) is 31.2 Å². The predicted octanol–water partition coefficient (Wildman–Crippen LogP) is 6.80. The van der Waals surface area contributed by atoms with E-state index in [1.54, 1.807) is 7.11 Å². The van der Waals surface area contributed by atoms with Crippen LogP contribution in [0.2, 0.25) is 0 Å². The lowest BCUT2D eigenvalue weighted by Gasteiger charge is -2.39. The van der Waals surface area contributed by atoms with Crippen molar-refractivity contribution in [3.63, 3.8) is 0 Å².